The number of hydrogen-bond donors (Lipinski definition) is 3. The van der Waals surface area contributed by atoms with Gasteiger partial charge in [0.1, 0.15) is 0 Å². The summed E-state index contributed by atoms with van der Waals surface area (Å²) in [6.07, 6.45) is 0. The summed E-state index contributed by atoms with van der Waals surface area (Å²) in [6.45, 7) is 13.1. The van der Waals surface area contributed by atoms with Crippen molar-refractivity contribution in [2.45, 2.75) is 54.1 Å². The molecule has 0 atom stereocenters. The molecule has 0 aliphatic heterocycles. The van der Waals surface area contributed by atoms with E-state index in [0.29, 0.717) is 5.71 Å². The summed E-state index contributed by atoms with van der Waals surface area (Å²) in [5.74, 6) is 0. The number of benzene rings is 4. The summed E-state index contributed by atoms with van der Waals surface area (Å²) in [6, 6.07) is 27.8. The summed E-state index contributed by atoms with van der Waals surface area (Å²) < 4.78 is 2.71. The first kappa shape index (κ1) is 49.7. The van der Waals surface area contributed by atoms with Crippen LogP contribution in [0.2, 0.25) is 0 Å². The van der Waals surface area contributed by atoms with Crippen LogP contribution in [0.3, 0.4) is 0 Å². The second-order valence-electron chi connectivity index (χ2n) is 10.1. The maximum atomic E-state index is 10.1. The predicted octanol–water partition coefficient (Wildman–Crippen LogP) is 2.48. The van der Waals surface area contributed by atoms with E-state index >= 15 is 0 Å². The van der Waals surface area contributed by atoms with Gasteiger partial charge in [-0.2, -0.15) is 0 Å². The van der Waals surface area contributed by atoms with Crippen molar-refractivity contribution in [1.82, 2.24) is 0 Å². The third-order valence-corrected chi connectivity index (χ3v) is 7.54. The van der Waals surface area contributed by atoms with E-state index < -0.39 is 5.60 Å². The number of nitrogens with two attached hydrogens (primary N) is 2. The van der Waals surface area contributed by atoms with E-state index in [1.807, 2.05) is 86.6 Å². The first-order valence-corrected chi connectivity index (χ1v) is 14.7. The standard InChI is InChI=1S/C13H11N.C8H8I2.C8H12N2.C4H9O.ClH.2Na.H2O/c14-13(11-7-3-1-4-8-11)12-9-5-2-6-10-12;2*1-5-3-8(10)6(2)4-7(5)9;1-4(2,3)5;;;;/h1-10,14H;3-4H,1-2H3;3-4H,9-10H2,1-2H3;1-3H3;1H;;;1H2/q;;;-1;;2*+1;/p-1. The van der Waals surface area contributed by atoms with Gasteiger partial charge >= 0.3 is 59.1 Å². The van der Waals surface area contributed by atoms with Gasteiger partial charge in [0.25, 0.3) is 0 Å². The fraction of sp³-hybridized carbons (Fsp3) is 0.242. The molecule has 224 valence electrons. The zero-order valence-corrected chi connectivity index (χ0v) is 35.9. The molecule has 0 saturated heterocycles. The predicted molar refractivity (Wildman–Crippen MR) is 194 cm³/mol. The molecule has 4 aromatic carbocycles. The van der Waals surface area contributed by atoms with Crippen LogP contribution >= 0.6 is 57.6 Å². The zero-order chi connectivity index (χ0) is 29.8. The van der Waals surface area contributed by atoms with Gasteiger partial charge in [0.15, 0.2) is 0 Å². The molecule has 5 nitrogen and oxygen atoms in total. The number of aryl methyl sites for hydroxylation is 4. The van der Waals surface area contributed by atoms with Gasteiger partial charge in [-0.3, -0.25) is 5.41 Å². The van der Waals surface area contributed by atoms with Crippen LogP contribution in [0.15, 0.2) is 84.9 Å². The minimum absolute atomic E-state index is 0. The van der Waals surface area contributed by atoms with Gasteiger partial charge in [0.05, 0.1) is 5.71 Å². The number of anilines is 2. The molecule has 0 fully saturated rings. The van der Waals surface area contributed by atoms with E-state index in [1.54, 1.807) is 20.8 Å². The van der Waals surface area contributed by atoms with Crippen LogP contribution in [-0.2, 0) is 0 Å². The second-order valence-corrected chi connectivity index (χ2v) is 12.5. The van der Waals surface area contributed by atoms with Crippen molar-refractivity contribution in [2.24, 2.45) is 0 Å². The van der Waals surface area contributed by atoms with Crippen LogP contribution in [0.5, 0.6) is 0 Å². The largest absolute Gasteiger partial charge is 1.00 e. The summed E-state index contributed by atoms with van der Waals surface area (Å²) in [5.41, 5.74) is 19.5. The second kappa shape index (κ2) is 25.0. The van der Waals surface area contributed by atoms with Gasteiger partial charge in [-0.15, -0.1) is 18.0 Å². The molecule has 10 heteroatoms. The first-order chi connectivity index (χ1) is 18.1. The molecule has 43 heavy (non-hydrogen) atoms. The van der Waals surface area contributed by atoms with Crippen molar-refractivity contribution in [3.8, 4) is 0 Å². The Morgan fingerprint density at radius 3 is 1.14 bits per heavy atom. The molecule has 0 spiro atoms. The summed E-state index contributed by atoms with van der Waals surface area (Å²) >= 11 is 4.73. The summed E-state index contributed by atoms with van der Waals surface area (Å²) in [5, 5.41) is 18.1. The molecule has 4 aromatic rings. The molecule has 0 aliphatic carbocycles. The SMILES string of the molecule is CC(C)(C)[O-].Cc1cc(I)c(C)cc1I.Cc1cc(N)c(C)cc1N.Cl.N=C(c1ccccc1)c1ccccc1.[Na+].[Na+].[OH-]. The summed E-state index contributed by atoms with van der Waals surface area (Å²) in [4.78, 5) is 0. The topological polar surface area (TPSA) is 129 Å². The normalized spacial score (nSPS) is 9.16. The van der Waals surface area contributed by atoms with E-state index in [0.717, 1.165) is 33.6 Å². The van der Waals surface area contributed by atoms with Crippen molar-refractivity contribution in [2.75, 3.05) is 11.5 Å². The number of hydrogen-bond acceptors (Lipinski definition) is 5. The molecule has 0 unspecified atom stereocenters. The monoisotopic (exact) mass is 847 g/mol. The molecule has 0 aromatic heterocycles. The van der Waals surface area contributed by atoms with Crippen molar-refractivity contribution >= 4 is 74.7 Å². The maximum Gasteiger partial charge on any atom is 1.00 e. The van der Waals surface area contributed by atoms with Gasteiger partial charge in [-0.05, 0) is 131 Å². The van der Waals surface area contributed by atoms with Gasteiger partial charge in [0.2, 0.25) is 0 Å². The Morgan fingerprint density at radius 2 is 0.884 bits per heavy atom. The molecule has 0 radical (unpaired) electrons. The van der Waals surface area contributed by atoms with Crippen LogP contribution in [0.4, 0.5) is 11.4 Å². The van der Waals surface area contributed by atoms with Crippen LogP contribution in [0.1, 0.15) is 54.2 Å². The van der Waals surface area contributed by atoms with Crippen molar-refractivity contribution in [3.05, 3.63) is 125 Å². The molecule has 6 N–H and O–H groups in total. The molecule has 0 bridgehead atoms. The Kier molecular flexibility index (Phi) is 28.9. The Hall–Kier alpha value is -0.180. The third-order valence-electron chi connectivity index (χ3n) is 5.22. The Bertz CT molecular complexity index is 1150. The fourth-order valence-electron chi connectivity index (χ4n) is 2.98. The molecule has 0 amide bonds. The van der Waals surface area contributed by atoms with Crippen LogP contribution in [0, 0.1) is 40.2 Å². The van der Waals surface area contributed by atoms with E-state index in [-0.39, 0.29) is 77.0 Å². The molecule has 4 rings (SSSR count). The Morgan fingerprint density at radius 1 is 0.628 bits per heavy atom. The number of nitrogens with one attached hydrogen (secondary N) is 1. The minimum Gasteiger partial charge on any atom is -0.870 e. The smallest absolute Gasteiger partial charge is 0.870 e. The molecule has 0 heterocycles. The average Bonchev–Trinajstić information content (AvgIpc) is 2.87. The maximum absolute atomic E-state index is 10.1. The van der Waals surface area contributed by atoms with Gasteiger partial charge < -0.3 is 22.1 Å². The van der Waals surface area contributed by atoms with E-state index in [1.165, 1.54) is 18.3 Å². The van der Waals surface area contributed by atoms with Crippen molar-refractivity contribution in [1.29, 1.82) is 5.41 Å². The van der Waals surface area contributed by atoms with Crippen LogP contribution in [0.25, 0.3) is 0 Å². The van der Waals surface area contributed by atoms with Gasteiger partial charge in [-0.25, -0.2) is 0 Å². The number of rotatable bonds is 2. The zero-order valence-electron chi connectivity index (χ0n) is 26.8. The first-order valence-electron chi connectivity index (χ1n) is 12.5. The average molecular weight is 848 g/mol. The van der Waals surface area contributed by atoms with Crippen molar-refractivity contribution < 1.29 is 69.7 Å². The Balaban J connectivity index is -0.000000240. The van der Waals surface area contributed by atoms with Crippen molar-refractivity contribution in [3.63, 3.8) is 0 Å². The van der Waals surface area contributed by atoms with E-state index in [4.69, 9.17) is 16.9 Å². The number of halogens is 3. The molecular weight excluding hydrogens is 806 g/mol. The molecule has 0 aliphatic rings. The van der Waals surface area contributed by atoms with Crippen LogP contribution < -0.4 is 75.7 Å². The van der Waals surface area contributed by atoms with E-state index in [9.17, 15) is 5.11 Å². The van der Waals surface area contributed by atoms with Gasteiger partial charge in [0, 0.05) is 18.5 Å². The fourth-order valence-corrected chi connectivity index (χ4v) is 4.23. The quantitative estimate of drug-likeness (QED) is 0.124. The number of nitrogen functional groups attached to an aromatic ring is 2. The summed E-state index contributed by atoms with van der Waals surface area (Å²) in [7, 11) is 0. The Labute approximate surface area is 336 Å². The third kappa shape index (κ3) is 21.3. The van der Waals surface area contributed by atoms with Gasteiger partial charge in [-0.1, -0.05) is 81.4 Å². The van der Waals surface area contributed by atoms with E-state index in [2.05, 4.69) is 71.2 Å². The molecule has 0 saturated carbocycles. The van der Waals surface area contributed by atoms with Crippen LogP contribution in [-0.4, -0.2) is 16.8 Å². The molecular formula is C33H42ClI2N3Na2O2. The minimum atomic E-state index is -0.750.